The third-order valence-corrected chi connectivity index (χ3v) is 4.80. The number of rotatable bonds is 6. The third kappa shape index (κ3) is 4.30. The molecule has 9 heteroatoms. The summed E-state index contributed by atoms with van der Waals surface area (Å²) in [6.07, 6.45) is 0.885. The standard InChI is InChI=1S/C16H16F2N2O4S/c1-10(12-7-6-11(17)8-13(12)18)9-19-14-4-3-5-15(25(2,23)24)16(14)20(21)22/h3-8,10,19H,9H2,1-2H3. The van der Waals surface area contributed by atoms with Gasteiger partial charge in [0.2, 0.25) is 0 Å². The predicted octanol–water partition coefficient (Wildman–Crippen LogP) is 3.49. The van der Waals surface area contributed by atoms with Crippen LogP contribution in [0.2, 0.25) is 0 Å². The Balaban J connectivity index is 2.30. The van der Waals surface area contributed by atoms with E-state index in [9.17, 15) is 27.3 Å². The summed E-state index contributed by atoms with van der Waals surface area (Å²) in [6, 6.07) is 7.11. The van der Waals surface area contributed by atoms with E-state index in [1.54, 1.807) is 6.92 Å². The Labute approximate surface area is 143 Å². The van der Waals surface area contributed by atoms with Gasteiger partial charge >= 0.3 is 5.69 Å². The van der Waals surface area contributed by atoms with Crippen molar-refractivity contribution in [2.75, 3.05) is 18.1 Å². The van der Waals surface area contributed by atoms with Crippen LogP contribution in [0.1, 0.15) is 18.4 Å². The fraction of sp³-hybridized carbons (Fsp3) is 0.250. The molecular formula is C16H16F2N2O4S. The lowest BCUT2D eigenvalue weighted by atomic mass is 10.0. The van der Waals surface area contributed by atoms with Crippen LogP contribution in [0.5, 0.6) is 0 Å². The third-order valence-electron chi connectivity index (χ3n) is 3.67. The Morgan fingerprint density at radius 2 is 1.92 bits per heavy atom. The van der Waals surface area contributed by atoms with E-state index < -0.39 is 42.9 Å². The molecular weight excluding hydrogens is 354 g/mol. The summed E-state index contributed by atoms with van der Waals surface area (Å²) in [5, 5.41) is 14.1. The number of nitrogens with one attached hydrogen (secondary N) is 1. The van der Waals surface area contributed by atoms with E-state index in [4.69, 9.17) is 0 Å². The molecule has 25 heavy (non-hydrogen) atoms. The maximum Gasteiger partial charge on any atom is 0.310 e. The second kappa shape index (κ2) is 7.14. The van der Waals surface area contributed by atoms with Crippen LogP contribution in [0, 0.1) is 21.7 Å². The maximum absolute atomic E-state index is 13.8. The minimum atomic E-state index is -3.79. The smallest absolute Gasteiger partial charge is 0.310 e. The zero-order valence-electron chi connectivity index (χ0n) is 13.5. The molecule has 0 spiro atoms. The topological polar surface area (TPSA) is 89.3 Å². The van der Waals surface area contributed by atoms with Crippen molar-refractivity contribution in [3.8, 4) is 0 Å². The van der Waals surface area contributed by atoms with Gasteiger partial charge in [0.1, 0.15) is 22.2 Å². The van der Waals surface area contributed by atoms with Gasteiger partial charge in [0.05, 0.1) is 4.92 Å². The molecule has 2 aromatic rings. The van der Waals surface area contributed by atoms with Crippen molar-refractivity contribution in [2.45, 2.75) is 17.7 Å². The van der Waals surface area contributed by atoms with E-state index in [1.165, 1.54) is 18.2 Å². The number of hydrogen-bond acceptors (Lipinski definition) is 5. The predicted molar refractivity (Wildman–Crippen MR) is 89.5 cm³/mol. The molecule has 0 saturated carbocycles. The first-order chi connectivity index (χ1) is 11.6. The number of nitro benzene ring substituents is 1. The molecule has 1 unspecified atom stereocenters. The van der Waals surface area contributed by atoms with Gasteiger partial charge in [0.25, 0.3) is 0 Å². The van der Waals surface area contributed by atoms with Crippen LogP contribution >= 0.6 is 0 Å². The van der Waals surface area contributed by atoms with Gasteiger partial charge in [-0.15, -0.1) is 0 Å². The number of hydrogen-bond donors (Lipinski definition) is 1. The highest BCUT2D eigenvalue weighted by atomic mass is 32.2. The molecule has 2 aromatic carbocycles. The summed E-state index contributed by atoms with van der Waals surface area (Å²) in [5.41, 5.74) is -0.296. The van der Waals surface area contributed by atoms with E-state index in [0.717, 1.165) is 24.5 Å². The fourth-order valence-corrected chi connectivity index (χ4v) is 3.29. The lowest BCUT2D eigenvalue weighted by Gasteiger charge is -2.15. The molecule has 0 radical (unpaired) electrons. The first-order valence-corrected chi connectivity index (χ1v) is 9.16. The van der Waals surface area contributed by atoms with Crippen LogP contribution in [0.3, 0.4) is 0 Å². The maximum atomic E-state index is 13.8. The lowest BCUT2D eigenvalue weighted by Crippen LogP contribution is -2.13. The molecule has 0 bridgehead atoms. The van der Waals surface area contributed by atoms with Crippen molar-refractivity contribution in [1.29, 1.82) is 0 Å². The van der Waals surface area contributed by atoms with Crippen molar-refractivity contribution < 1.29 is 22.1 Å². The van der Waals surface area contributed by atoms with E-state index in [2.05, 4.69) is 5.32 Å². The van der Waals surface area contributed by atoms with Crippen LogP contribution in [-0.4, -0.2) is 26.1 Å². The Bertz CT molecular complexity index is 916. The normalized spacial score (nSPS) is 12.6. The van der Waals surface area contributed by atoms with Gasteiger partial charge in [0, 0.05) is 24.8 Å². The summed E-state index contributed by atoms with van der Waals surface area (Å²) >= 11 is 0. The minimum Gasteiger partial charge on any atom is -0.379 e. The van der Waals surface area contributed by atoms with Gasteiger partial charge < -0.3 is 5.32 Å². The van der Waals surface area contributed by atoms with Crippen LogP contribution in [0.25, 0.3) is 0 Å². The Kier molecular flexibility index (Phi) is 5.36. The van der Waals surface area contributed by atoms with Crippen molar-refractivity contribution in [3.63, 3.8) is 0 Å². The Morgan fingerprint density at radius 3 is 2.48 bits per heavy atom. The molecule has 2 rings (SSSR count). The molecule has 0 amide bonds. The number of anilines is 1. The summed E-state index contributed by atoms with van der Waals surface area (Å²) in [7, 11) is -3.79. The molecule has 0 aliphatic carbocycles. The monoisotopic (exact) mass is 370 g/mol. The van der Waals surface area contributed by atoms with Gasteiger partial charge in [-0.3, -0.25) is 10.1 Å². The quantitative estimate of drug-likeness (QED) is 0.621. The SMILES string of the molecule is CC(CNc1cccc(S(C)(=O)=O)c1[N+](=O)[O-])c1ccc(F)cc1F. The molecule has 0 fully saturated rings. The number of sulfone groups is 1. The van der Waals surface area contributed by atoms with Crippen LogP contribution in [0.4, 0.5) is 20.2 Å². The van der Waals surface area contributed by atoms with E-state index in [1.807, 2.05) is 0 Å². The molecule has 134 valence electrons. The first kappa shape index (κ1) is 18.8. The number of halogens is 2. The average molecular weight is 370 g/mol. The van der Waals surface area contributed by atoms with Gasteiger partial charge in [0.15, 0.2) is 9.84 Å². The molecule has 0 aliphatic heterocycles. The van der Waals surface area contributed by atoms with Crippen LogP contribution in [0.15, 0.2) is 41.3 Å². The molecule has 0 aliphatic rings. The Morgan fingerprint density at radius 1 is 1.24 bits per heavy atom. The molecule has 1 atom stereocenters. The Hall–Kier alpha value is -2.55. The molecule has 0 heterocycles. The number of benzene rings is 2. The van der Waals surface area contributed by atoms with Gasteiger partial charge in [-0.1, -0.05) is 19.1 Å². The molecule has 0 saturated heterocycles. The first-order valence-electron chi connectivity index (χ1n) is 7.27. The number of nitrogens with zero attached hydrogens (tertiary/aromatic N) is 1. The average Bonchev–Trinajstić information content (AvgIpc) is 2.51. The summed E-state index contributed by atoms with van der Waals surface area (Å²) < 4.78 is 50.2. The zero-order valence-corrected chi connectivity index (χ0v) is 14.3. The second-order valence-corrected chi connectivity index (χ2v) is 7.61. The van der Waals surface area contributed by atoms with Gasteiger partial charge in [-0.2, -0.15) is 0 Å². The van der Waals surface area contributed by atoms with Crippen molar-refractivity contribution >= 4 is 21.2 Å². The summed E-state index contributed by atoms with van der Waals surface area (Å²) in [6.45, 7) is 1.76. The van der Waals surface area contributed by atoms with Crippen LogP contribution < -0.4 is 5.32 Å². The number of para-hydroxylation sites is 1. The second-order valence-electron chi connectivity index (χ2n) is 5.63. The van der Waals surface area contributed by atoms with Crippen molar-refractivity contribution in [1.82, 2.24) is 0 Å². The van der Waals surface area contributed by atoms with E-state index in [-0.39, 0.29) is 17.8 Å². The van der Waals surface area contributed by atoms with Gasteiger partial charge in [-0.05, 0) is 23.8 Å². The van der Waals surface area contributed by atoms with Gasteiger partial charge in [-0.25, -0.2) is 17.2 Å². The molecule has 1 N–H and O–H groups in total. The van der Waals surface area contributed by atoms with Crippen LogP contribution in [-0.2, 0) is 9.84 Å². The molecule has 6 nitrogen and oxygen atoms in total. The number of nitro groups is 1. The van der Waals surface area contributed by atoms with E-state index in [0.29, 0.717) is 0 Å². The summed E-state index contributed by atoms with van der Waals surface area (Å²) in [5.74, 6) is -1.84. The minimum absolute atomic E-state index is 0.0160. The highest BCUT2D eigenvalue weighted by molar-refractivity contribution is 7.90. The fourth-order valence-electron chi connectivity index (χ4n) is 2.43. The highest BCUT2D eigenvalue weighted by Gasteiger charge is 2.26. The lowest BCUT2D eigenvalue weighted by molar-refractivity contribution is -0.386. The summed E-state index contributed by atoms with van der Waals surface area (Å²) in [4.78, 5) is 10.1. The molecule has 0 aromatic heterocycles. The van der Waals surface area contributed by atoms with Crippen molar-refractivity contribution in [2.24, 2.45) is 0 Å². The zero-order chi connectivity index (χ0) is 18.8. The van der Waals surface area contributed by atoms with E-state index >= 15 is 0 Å². The highest BCUT2D eigenvalue weighted by Crippen LogP contribution is 2.32. The van der Waals surface area contributed by atoms with Crippen molar-refractivity contribution in [3.05, 3.63) is 63.7 Å². The largest absolute Gasteiger partial charge is 0.379 e.